The smallest absolute Gasteiger partial charge is 0.254 e. The van der Waals surface area contributed by atoms with E-state index in [0.29, 0.717) is 11.5 Å². The maximum absolute atomic E-state index is 11.8. The largest absolute Gasteiger partial charge is 0.493 e. The zero-order chi connectivity index (χ0) is 15.5. The van der Waals surface area contributed by atoms with Crippen LogP contribution in [0.1, 0.15) is 21.6 Å². The fourth-order valence-electron chi connectivity index (χ4n) is 2.75. The summed E-state index contributed by atoms with van der Waals surface area (Å²) in [5.41, 5.74) is 2.89. The zero-order valence-corrected chi connectivity index (χ0v) is 13.0. The lowest BCUT2D eigenvalue weighted by Crippen LogP contribution is -2.24. The normalized spacial score (nSPS) is 16.5. The first kappa shape index (κ1) is 14.6. The summed E-state index contributed by atoms with van der Waals surface area (Å²) in [6, 6.07) is 12.0. The van der Waals surface area contributed by atoms with E-state index in [2.05, 4.69) is 11.1 Å². The van der Waals surface area contributed by atoms with Gasteiger partial charge in [-0.25, -0.2) is 0 Å². The number of ether oxygens (including phenoxy) is 1. The van der Waals surface area contributed by atoms with Crippen molar-refractivity contribution < 1.29 is 9.53 Å². The molecule has 1 aliphatic rings. The average Bonchev–Trinajstić information content (AvgIpc) is 2.55. The number of carbonyl (C=O) groups excluding carboxylic acids is 1. The molecule has 4 heteroatoms. The van der Waals surface area contributed by atoms with Crippen LogP contribution in [-0.2, 0) is 12.8 Å². The van der Waals surface area contributed by atoms with Crippen molar-refractivity contribution in [1.82, 2.24) is 9.88 Å². The lowest BCUT2D eigenvalue weighted by molar-refractivity contribution is 0.0827. The molecule has 1 atom stereocenters. The van der Waals surface area contributed by atoms with E-state index in [-0.39, 0.29) is 5.91 Å². The summed E-state index contributed by atoms with van der Waals surface area (Å²) >= 11 is 0. The number of hydrogen-bond donors (Lipinski definition) is 0. The van der Waals surface area contributed by atoms with E-state index in [0.717, 1.165) is 30.9 Å². The SMILES string of the molecule is CN(C)C(=O)c1ccc(C[C@H]2COc3ccccc3C2)nc1. The highest BCUT2D eigenvalue weighted by Gasteiger charge is 2.20. The van der Waals surface area contributed by atoms with Crippen LogP contribution in [0.4, 0.5) is 0 Å². The van der Waals surface area contributed by atoms with Crippen molar-refractivity contribution in [3.8, 4) is 5.75 Å². The molecule has 1 aromatic carbocycles. The molecule has 0 radical (unpaired) electrons. The third-order valence-corrected chi connectivity index (χ3v) is 3.93. The standard InChI is InChI=1S/C18H20N2O2/c1-20(2)18(21)15-7-8-16(19-11-15)10-13-9-14-5-3-4-6-17(14)22-12-13/h3-8,11,13H,9-10,12H2,1-2H3/t13-/m0/s1. The third-order valence-electron chi connectivity index (χ3n) is 3.93. The van der Waals surface area contributed by atoms with Gasteiger partial charge >= 0.3 is 0 Å². The van der Waals surface area contributed by atoms with Gasteiger partial charge in [0.05, 0.1) is 12.2 Å². The molecule has 2 heterocycles. The van der Waals surface area contributed by atoms with Crippen LogP contribution in [0.15, 0.2) is 42.6 Å². The molecule has 2 aromatic rings. The van der Waals surface area contributed by atoms with Crippen molar-refractivity contribution in [1.29, 1.82) is 0 Å². The molecule has 0 saturated heterocycles. The minimum Gasteiger partial charge on any atom is -0.493 e. The first-order chi connectivity index (χ1) is 10.6. The van der Waals surface area contributed by atoms with Crippen molar-refractivity contribution in [2.45, 2.75) is 12.8 Å². The molecule has 0 spiro atoms. The Labute approximate surface area is 130 Å². The van der Waals surface area contributed by atoms with Crippen molar-refractivity contribution in [3.05, 3.63) is 59.4 Å². The molecule has 1 amide bonds. The summed E-state index contributed by atoms with van der Waals surface area (Å²) in [6.45, 7) is 0.719. The minimum atomic E-state index is -0.0195. The number of hydrogen-bond acceptors (Lipinski definition) is 3. The van der Waals surface area contributed by atoms with Gasteiger partial charge in [0.25, 0.3) is 5.91 Å². The lowest BCUT2D eigenvalue weighted by Gasteiger charge is -2.25. The Hall–Kier alpha value is -2.36. The quantitative estimate of drug-likeness (QED) is 0.874. The number of amides is 1. The molecule has 4 nitrogen and oxygen atoms in total. The summed E-state index contributed by atoms with van der Waals surface area (Å²) in [4.78, 5) is 17.8. The van der Waals surface area contributed by atoms with Crippen LogP contribution >= 0.6 is 0 Å². The van der Waals surface area contributed by atoms with Crippen LogP contribution in [0, 0.1) is 5.92 Å². The topological polar surface area (TPSA) is 42.4 Å². The predicted molar refractivity (Wildman–Crippen MR) is 85.1 cm³/mol. The summed E-state index contributed by atoms with van der Waals surface area (Å²) in [6.07, 6.45) is 3.54. The van der Waals surface area contributed by atoms with Crippen LogP contribution in [-0.4, -0.2) is 36.5 Å². The van der Waals surface area contributed by atoms with Crippen molar-refractivity contribution in [2.75, 3.05) is 20.7 Å². The molecule has 0 bridgehead atoms. The van der Waals surface area contributed by atoms with Crippen molar-refractivity contribution in [2.24, 2.45) is 5.92 Å². The average molecular weight is 296 g/mol. The molecular weight excluding hydrogens is 276 g/mol. The molecule has 22 heavy (non-hydrogen) atoms. The molecule has 0 aliphatic carbocycles. The van der Waals surface area contributed by atoms with E-state index in [1.54, 1.807) is 25.2 Å². The fraction of sp³-hybridized carbons (Fsp3) is 0.333. The Balaban J connectivity index is 1.66. The number of nitrogens with zero attached hydrogens (tertiary/aromatic N) is 2. The molecule has 0 fully saturated rings. The number of pyridine rings is 1. The molecule has 1 aliphatic heterocycles. The second kappa shape index (κ2) is 6.18. The van der Waals surface area contributed by atoms with Gasteiger partial charge in [-0.05, 0) is 36.6 Å². The number of rotatable bonds is 3. The maximum atomic E-state index is 11.8. The highest BCUT2D eigenvalue weighted by atomic mass is 16.5. The Morgan fingerprint density at radius 1 is 1.27 bits per heavy atom. The number of aromatic nitrogens is 1. The Morgan fingerprint density at radius 3 is 2.82 bits per heavy atom. The molecule has 1 aromatic heterocycles. The van der Waals surface area contributed by atoms with E-state index in [1.165, 1.54) is 5.56 Å². The first-order valence-corrected chi connectivity index (χ1v) is 7.51. The van der Waals surface area contributed by atoms with Crippen LogP contribution in [0.3, 0.4) is 0 Å². The van der Waals surface area contributed by atoms with Gasteiger partial charge in [-0.1, -0.05) is 18.2 Å². The van der Waals surface area contributed by atoms with Crippen LogP contribution in [0.2, 0.25) is 0 Å². The number of benzene rings is 1. The monoisotopic (exact) mass is 296 g/mol. The van der Waals surface area contributed by atoms with Gasteiger partial charge < -0.3 is 9.64 Å². The fourth-order valence-corrected chi connectivity index (χ4v) is 2.75. The van der Waals surface area contributed by atoms with E-state index in [9.17, 15) is 4.79 Å². The second-order valence-corrected chi connectivity index (χ2v) is 5.93. The Kier molecular flexibility index (Phi) is 4.09. The van der Waals surface area contributed by atoms with Gasteiger partial charge in [-0.3, -0.25) is 9.78 Å². The van der Waals surface area contributed by atoms with E-state index < -0.39 is 0 Å². The molecule has 3 rings (SSSR count). The van der Waals surface area contributed by atoms with Crippen molar-refractivity contribution in [3.63, 3.8) is 0 Å². The molecule has 0 N–H and O–H groups in total. The third kappa shape index (κ3) is 3.11. The lowest BCUT2D eigenvalue weighted by atomic mass is 9.92. The van der Waals surface area contributed by atoms with E-state index in [4.69, 9.17) is 4.74 Å². The van der Waals surface area contributed by atoms with Gasteiger partial charge in [0.1, 0.15) is 5.75 Å². The van der Waals surface area contributed by atoms with Gasteiger partial charge in [-0.15, -0.1) is 0 Å². The highest BCUT2D eigenvalue weighted by molar-refractivity contribution is 5.93. The summed E-state index contributed by atoms with van der Waals surface area (Å²) < 4.78 is 5.81. The molecular formula is C18H20N2O2. The highest BCUT2D eigenvalue weighted by Crippen LogP contribution is 2.28. The van der Waals surface area contributed by atoms with Gasteiger partial charge in [0.2, 0.25) is 0 Å². The Morgan fingerprint density at radius 2 is 2.09 bits per heavy atom. The molecule has 0 saturated carbocycles. The molecule has 0 unspecified atom stereocenters. The summed E-state index contributed by atoms with van der Waals surface area (Å²) in [5, 5.41) is 0. The summed E-state index contributed by atoms with van der Waals surface area (Å²) in [7, 11) is 3.49. The van der Waals surface area contributed by atoms with Gasteiger partial charge in [-0.2, -0.15) is 0 Å². The molecule has 114 valence electrons. The maximum Gasteiger partial charge on any atom is 0.254 e. The van der Waals surface area contributed by atoms with Crippen molar-refractivity contribution >= 4 is 5.91 Å². The number of carbonyl (C=O) groups is 1. The van der Waals surface area contributed by atoms with Gasteiger partial charge in [0.15, 0.2) is 0 Å². The predicted octanol–water partition coefficient (Wildman–Crippen LogP) is 2.58. The Bertz CT molecular complexity index is 665. The van der Waals surface area contributed by atoms with Crippen LogP contribution in [0.5, 0.6) is 5.75 Å². The zero-order valence-electron chi connectivity index (χ0n) is 13.0. The minimum absolute atomic E-state index is 0.0195. The van der Waals surface area contributed by atoms with Crippen LogP contribution < -0.4 is 4.74 Å². The first-order valence-electron chi connectivity index (χ1n) is 7.51. The second-order valence-electron chi connectivity index (χ2n) is 5.93. The van der Waals surface area contributed by atoms with Crippen LogP contribution in [0.25, 0.3) is 0 Å². The summed E-state index contributed by atoms with van der Waals surface area (Å²) in [5.74, 6) is 1.41. The van der Waals surface area contributed by atoms with E-state index in [1.807, 2.05) is 30.3 Å². The number of fused-ring (bicyclic) bond motifs is 1. The van der Waals surface area contributed by atoms with Gasteiger partial charge in [0, 0.05) is 31.9 Å². The van der Waals surface area contributed by atoms with E-state index >= 15 is 0 Å². The number of para-hydroxylation sites is 1.